The van der Waals surface area contributed by atoms with E-state index in [4.69, 9.17) is 4.74 Å². The normalized spacial score (nSPS) is 11.2. The summed E-state index contributed by atoms with van der Waals surface area (Å²) in [6.45, 7) is 0. The average Bonchev–Trinajstić information content (AvgIpc) is 2.68. The first-order valence-electron chi connectivity index (χ1n) is 8.44. The summed E-state index contributed by atoms with van der Waals surface area (Å²) < 4.78 is 45.2. The Kier molecular flexibility index (Phi) is 8.54. The lowest BCUT2D eigenvalue weighted by molar-refractivity contribution is -0.274. The van der Waals surface area contributed by atoms with E-state index in [1.54, 1.807) is 31.4 Å². The molecule has 30 heavy (non-hydrogen) atoms. The molecule has 0 atom stereocenters. The Morgan fingerprint density at radius 1 is 1.07 bits per heavy atom. The van der Waals surface area contributed by atoms with Crippen molar-refractivity contribution in [3.05, 3.63) is 54.1 Å². The number of rotatable bonds is 9. The van der Waals surface area contributed by atoms with Crippen molar-refractivity contribution in [3.63, 3.8) is 0 Å². The van der Waals surface area contributed by atoms with E-state index in [9.17, 15) is 22.8 Å². The van der Waals surface area contributed by atoms with Gasteiger partial charge in [-0.15, -0.1) is 24.9 Å². The summed E-state index contributed by atoms with van der Waals surface area (Å²) >= 11 is 1.06. The van der Waals surface area contributed by atoms with Gasteiger partial charge in [0.1, 0.15) is 11.5 Å². The van der Waals surface area contributed by atoms with Crippen LogP contribution in [-0.4, -0.2) is 43.0 Å². The number of anilines is 1. The number of nitrogens with one attached hydrogen (secondary N) is 2. The number of alkyl halides is 3. The van der Waals surface area contributed by atoms with E-state index in [0.717, 1.165) is 29.5 Å². The molecular formula is C19H18F3N3O4S. The molecule has 0 aliphatic rings. The summed E-state index contributed by atoms with van der Waals surface area (Å²) in [5, 5.41) is 6.34. The second kappa shape index (κ2) is 11.1. The molecule has 2 N–H and O–H groups in total. The number of hydrogen-bond donors (Lipinski definition) is 2. The summed E-state index contributed by atoms with van der Waals surface area (Å²) in [6, 6.07) is 11.8. The maximum absolute atomic E-state index is 12.1. The zero-order valence-electron chi connectivity index (χ0n) is 15.7. The number of hydrazone groups is 1. The van der Waals surface area contributed by atoms with Crippen LogP contribution in [0.4, 0.5) is 18.9 Å². The zero-order valence-corrected chi connectivity index (χ0v) is 16.5. The summed E-state index contributed by atoms with van der Waals surface area (Å²) in [5.74, 6) is -0.539. The van der Waals surface area contributed by atoms with Gasteiger partial charge in [0, 0.05) is 5.69 Å². The van der Waals surface area contributed by atoms with E-state index in [2.05, 4.69) is 20.6 Å². The molecule has 0 bridgehead atoms. The molecule has 11 heteroatoms. The predicted molar refractivity (Wildman–Crippen MR) is 108 cm³/mol. The summed E-state index contributed by atoms with van der Waals surface area (Å²) in [5.41, 5.74) is 3.40. The monoisotopic (exact) mass is 441 g/mol. The standard InChI is InChI=1S/C19H18F3N3O4S/c1-28-16-4-2-3-13(9-16)10-23-25-18(27)12-30-11-17(26)24-14-5-7-15(8-6-14)29-19(20,21)22/h2-10H,11-12H2,1H3,(H,24,26)(H,25,27)/b23-10+. The number of benzene rings is 2. The van der Waals surface area contributed by atoms with E-state index in [-0.39, 0.29) is 23.2 Å². The maximum atomic E-state index is 12.1. The van der Waals surface area contributed by atoms with Crippen LogP contribution in [0.15, 0.2) is 53.6 Å². The van der Waals surface area contributed by atoms with Crippen molar-refractivity contribution in [1.29, 1.82) is 0 Å². The second-order valence-electron chi connectivity index (χ2n) is 5.68. The highest BCUT2D eigenvalue weighted by Crippen LogP contribution is 2.24. The molecule has 2 aromatic carbocycles. The number of carbonyl (C=O) groups is 2. The van der Waals surface area contributed by atoms with Gasteiger partial charge in [0.05, 0.1) is 24.8 Å². The smallest absolute Gasteiger partial charge is 0.497 e. The molecule has 7 nitrogen and oxygen atoms in total. The first kappa shape index (κ1) is 23.1. The Morgan fingerprint density at radius 2 is 1.77 bits per heavy atom. The predicted octanol–water partition coefficient (Wildman–Crippen LogP) is 3.42. The van der Waals surface area contributed by atoms with E-state index < -0.39 is 12.3 Å². The lowest BCUT2D eigenvalue weighted by Gasteiger charge is -2.09. The van der Waals surface area contributed by atoms with Crippen LogP contribution in [-0.2, 0) is 9.59 Å². The highest BCUT2D eigenvalue weighted by Gasteiger charge is 2.30. The number of ether oxygens (including phenoxy) is 2. The number of halogens is 3. The van der Waals surface area contributed by atoms with Crippen LogP contribution in [0.2, 0.25) is 0 Å². The van der Waals surface area contributed by atoms with Gasteiger partial charge in [0.15, 0.2) is 0 Å². The van der Waals surface area contributed by atoms with Crippen molar-refractivity contribution in [2.45, 2.75) is 6.36 Å². The van der Waals surface area contributed by atoms with Gasteiger partial charge in [0.25, 0.3) is 0 Å². The SMILES string of the molecule is COc1cccc(/C=N/NC(=O)CSCC(=O)Nc2ccc(OC(F)(F)F)cc2)c1. The highest BCUT2D eigenvalue weighted by molar-refractivity contribution is 8.00. The molecule has 160 valence electrons. The molecular weight excluding hydrogens is 423 g/mol. The highest BCUT2D eigenvalue weighted by atomic mass is 32.2. The fourth-order valence-corrected chi connectivity index (χ4v) is 2.72. The van der Waals surface area contributed by atoms with Crippen molar-refractivity contribution in [1.82, 2.24) is 5.43 Å². The van der Waals surface area contributed by atoms with Crippen molar-refractivity contribution < 1.29 is 32.2 Å². The van der Waals surface area contributed by atoms with Crippen molar-refractivity contribution >= 4 is 35.5 Å². The van der Waals surface area contributed by atoms with Crippen LogP contribution in [0.3, 0.4) is 0 Å². The van der Waals surface area contributed by atoms with Gasteiger partial charge in [-0.05, 0) is 42.0 Å². The molecule has 0 radical (unpaired) electrons. The Labute approximate surface area is 174 Å². The lowest BCUT2D eigenvalue weighted by Crippen LogP contribution is -2.21. The minimum atomic E-state index is -4.78. The Morgan fingerprint density at radius 3 is 2.43 bits per heavy atom. The number of carbonyl (C=O) groups excluding carboxylic acids is 2. The Balaban J connectivity index is 1.68. The van der Waals surface area contributed by atoms with Gasteiger partial charge in [-0.1, -0.05) is 12.1 Å². The molecule has 0 heterocycles. The molecule has 2 rings (SSSR count). The first-order chi connectivity index (χ1) is 14.2. The van der Waals surface area contributed by atoms with Gasteiger partial charge in [-0.3, -0.25) is 9.59 Å². The molecule has 0 unspecified atom stereocenters. The van der Waals surface area contributed by atoms with Gasteiger partial charge < -0.3 is 14.8 Å². The minimum Gasteiger partial charge on any atom is -0.497 e. The third-order valence-corrected chi connectivity index (χ3v) is 4.27. The van der Waals surface area contributed by atoms with Crippen LogP contribution < -0.4 is 20.2 Å². The molecule has 2 amide bonds. The zero-order chi connectivity index (χ0) is 22.0. The Bertz CT molecular complexity index is 889. The van der Waals surface area contributed by atoms with E-state index in [1.807, 2.05) is 0 Å². The van der Waals surface area contributed by atoms with Gasteiger partial charge >= 0.3 is 6.36 Å². The molecule has 0 aliphatic heterocycles. The largest absolute Gasteiger partial charge is 0.573 e. The van der Waals surface area contributed by atoms with Crippen LogP contribution in [0.25, 0.3) is 0 Å². The number of hydrogen-bond acceptors (Lipinski definition) is 6. The third kappa shape index (κ3) is 8.86. The first-order valence-corrected chi connectivity index (χ1v) is 9.60. The lowest BCUT2D eigenvalue weighted by atomic mass is 10.2. The van der Waals surface area contributed by atoms with E-state index in [0.29, 0.717) is 11.4 Å². The fraction of sp³-hybridized carbons (Fsp3) is 0.211. The second-order valence-corrected chi connectivity index (χ2v) is 6.67. The average molecular weight is 441 g/mol. The topological polar surface area (TPSA) is 89.0 Å². The van der Waals surface area contributed by atoms with Gasteiger partial charge in [-0.2, -0.15) is 5.10 Å². The molecule has 0 aromatic heterocycles. The van der Waals surface area contributed by atoms with Crippen molar-refractivity contribution in [2.24, 2.45) is 5.10 Å². The molecule has 0 fully saturated rings. The molecule has 0 spiro atoms. The number of amides is 2. The van der Waals surface area contributed by atoms with Crippen molar-refractivity contribution in [2.75, 3.05) is 23.9 Å². The van der Waals surface area contributed by atoms with Gasteiger partial charge in [-0.25, -0.2) is 5.43 Å². The van der Waals surface area contributed by atoms with Gasteiger partial charge in [0.2, 0.25) is 11.8 Å². The van der Waals surface area contributed by atoms with E-state index in [1.165, 1.54) is 18.3 Å². The minimum absolute atomic E-state index is 0.00122. The van der Waals surface area contributed by atoms with Crippen LogP contribution in [0.1, 0.15) is 5.56 Å². The number of nitrogens with zero attached hydrogens (tertiary/aromatic N) is 1. The Hall–Kier alpha value is -3.21. The van der Waals surface area contributed by atoms with Crippen LogP contribution in [0.5, 0.6) is 11.5 Å². The quantitative estimate of drug-likeness (QED) is 0.460. The third-order valence-electron chi connectivity index (χ3n) is 3.33. The number of thioether (sulfide) groups is 1. The van der Waals surface area contributed by atoms with Crippen LogP contribution >= 0.6 is 11.8 Å². The number of methoxy groups -OCH3 is 1. The maximum Gasteiger partial charge on any atom is 0.573 e. The molecule has 0 saturated carbocycles. The summed E-state index contributed by atoms with van der Waals surface area (Å²) in [6.07, 6.45) is -3.32. The molecule has 2 aromatic rings. The molecule has 0 saturated heterocycles. The van der Waals surface area contributed by atoms with E-state index >= 15 is 0 Å². The van der Waals surface area contributed by atoms with Crippen LogP contribution in [0, 0.1) is 0 Å². The summed E-state index contributed by atoms with van der Waals surface area (Å²) in [7, 11) is 1.54. The summed E-state index contributed by atoms with van der Waals surface area (Å²) in [4.78, 5) is 23.6. The fourth-order valence-electron chi connectivity index (χ4n) is 2.11. The van der Waals surface area contributed by atoms with Crippen molar-refractivity contribution in [3.8, 4) is 11.5 Å². The molecule has 0 aliphatic carbocycles.